The lowest BCUT2D eigenvalue weighted by molar-refractivity contribution is 1.03. The summed E-state index contributed by atoms with van der Waals surface area (Å²) in [4.78, 5) is 13.2. The number of hydrogen-bond donors (Lipinski definition) is 1. The van der Waals surface area contributed by atoms with Gasteiger partial charge in [-0.3, -0.25) is 0 Å². The second-order valence-corrected chi connectivity index (χ2v) is 6.15. The van der Waals surface area contributed by atoms with E-state index in [4.69, 9.17) is 0 Å². The molecule has 3 aromatic heterocycles. The third-order valence-electron chi connectivity index (χ3n) is 3.71. The van der Waals surface area contributed by atoms with E-state index in [1.165, 1.54) is 5.56 Å². The average molecular weight is 380 g/mol. The standard InChI is InChI=1S/C18H14BrN5/c19-16-10-15(6-8-20-16)24-9-7-14-12-22-18(23-17(14)24)21-11-13-4-2-1-3-5-13/h1-10,12H,11H2,(H,21,22,23). The van der Waals surface area contributed by atoms with E-state index in [0.29, 0.717) is 12.5 Å². The van der Waals surface area contributed by atoms with Crippen LogP contribution in [0.25, 0.3) is 16.7 Å². The Morgan fingerprint density at radius 2 is 1.92 bits per heavy atom. The van der Waals surface area contributed by atoms with Gasteiger partial charge in [-0.25, -0.2) is 9.97 Å². The summed E-state index contributed by atoms with van der Waals surface area (Å²) in [6.07, 6.45) is 5.59. The van der Waals surface area contributed by atoms with Crippen LogP contribution in [0.15, 0.2) is 71.7 Å². The van der Waals surface area contributed by atoms with Gasteiger partial charge in [0, 0.05) is 30.5 Å². The van der Waals surface area contributed by atoms with Gasteiger partial charge in [0.25, 0.3) is 0 Å². The molecule has 0 aliphatic heterocycles. The van der Waals surface area contributed by atoms with E-state index in [2.05, 4.69) is 48.3 Å². The molecule has 4 rings (SSSR count). The second-order valence-electron chi connectivity index (χ2n) is 5.33. The number of fused-ring (bicyclic) bond motifs is 1. The van der Waals surface area contributed by atoms with Crippen molar-refractivity contribution >= 4 is 32.9 Å². The molecule has 4 aromatic rings. The maximum absolute atomic E-state index is 4.66. The van der Waals surface area contributed by atoms with Gasteiger partial charge in [-0.1, -0.05) is 30.3 Å². The first kappa shape index (κ1) is 14.8. The Kier molecular flexibility index (Phi) is 3.96. The first-order valence-corrected chi connectivity index (χ1v) is 8.33. The van der Waals surface area contributed by atoms with Crippen LogP contribution >= 0.6 is 15.9 Å². The number of benzene rings is 1. The molecule has 0 saturated heterocycles. The quantitative estimate of drug-likeness (QED) is 0.540. The van der Waals surface area contributed by atoms with Crippen LogP contribution in [0.3, 0.4) is 0 Å². The summed E-state index contributed by atoms with van der Waals surface area (Å²) in [6.45, 7) is 0.688. The number of halogens is 1. The molecule has 0 aliphatic rings. The summed E-state index contributed by atoms with van der Waals surface area (Å²) in [5.74, 6) is 0.611. The van der Waals surface area contributed by atoms with Gasteiger partial charge in [0.15, 0.2) is 0 Å². The summed E-state index contributed by atoms with van der Waals surface area (Å²) in [5, 5.41) is 4.27. The molecule has 118 valence electrons. The lowest BCUT2D eigenvalue weighted by atomic mass is 10.2. The summed E-state index contributed by atoms with van der Waals surface area (Å²) >= 11 is 3.41. The van der Waals surface area contributed by atoms with Crippen LogP contribution in [0.2, 0.25) is 0 Å². The van der Waals surface area contributed by atoms with E-state index in [9.17, 15) is 0 Å². The van der Waals surface area contributed by atoms with E-state index >= 15 is 0 Å². The molecule has 0 amide bonds. The summed E-state index contributed by atoms with van der Waals surface area (Å²) < 4.78 is 2.82. The zero-order valence-corrected chi connectivity index (χ0v) is 14.3. The first-order valence-electron chi connectivity index (χ1n) is 7.53. The fourth-order valence-corrected chi connectivity index (χ4v) is 2.88. The minimum Gasteiger partial charge on any atom is -0.350 e. The van der Waals surface area contributed by atoms with Crippen molar-refractivity contribution in [2.45, 2.75) is 6.54 Å². The lowest BCUT2D eigenvalue weighted by Gasteiger charge is -2.07. The maximum atomic E-state index is 4.66. The monoisotopic (exact) mass is 379 g/mol. The van der Waals surface area contributed by atoms with Gasteiger partial charge in [0.1, 0.15) is 10.3 Å². The average Bonchev–Trinajstić information content (AvgIpc) is 3.04. The number of rotatable bonds is 4. The Bertz CT molecular complexity index is 981. The van der Waals surface area contributed by atoms with Crippen LogP contribution in [0, 0.1) is 0 Å². The predicted octanol–water partition coefficient (Wildman–Crippen LogP) is 4.19. The number of pyridine rings is 1. The molecule has 1 N–H and O–H groups in total. The van der Waals surface area contributed by atoms with Gasteiger partial charge in [-0.05, 0) is 39.7 Å². The molecule has 24 heavy (non-hydrogen) atoms. The Morgan fingerprint density at radius 1 is 1.04 bits per heavy atom. The molecule has 0 fully saturated rings. The molecular weight excluding hydrogens is 366 g/mol. The number of nitrogens with zero attached hydrogens (tertiary/aromatic N) is 4. The van der Waals surface area contributed by atoms with Crippen LogP contribution in [0.4, 0.5) is 5.95 Å². The summed E-state index contributed by atoms with van der Waals surface area (Å²) in [6, 6.07) is 16.1. The molecule has 0 bridgehead atoms. The van der Waals surface area contributed by atoms with Crippen LogP contribution in [-0.4, -0.2) is 19.5 Å². The normalized spacial score (nSPS) is 10.9. The van der Waals surface area contributed by atoms with E-state index in [1.807, 2.05) is 53.4 Å². The Morgan fingerprint density at radius 3 is 2.75 bits per heavy atom. The van der Waals surface area contributed by atoms with E-state index in [1.54, 1.807) is 6.20 Å². The van der Waals surface area contributed by atoms with Crippen molar-refractivity contribution in [2.75, 3.05) is 5.32 Å². The molecule has 0 unspecified atom stereocenters. The van der Waals surface area contributed by atoms with Crippen LogP contribution in [0.1, 0.15) is 5.56 Å². The third-order valence-corrected chi connectivity index (χ3v) is 4.14. The molecule has 6 heteroatoms. The Hall–Kier alpha value is -2.73. The highest BCUT2D eigenvalue weighted by molar-refractivity contribution is 9.10. The highest BCUT2D eigenvalue weighted by atomic mass is 79.9. The summed E-state index contributed by atoms with van der Waals surface area (Å²) in [5.41, 5.74) is 3.05. The molecule has 0 aliphatic carbocycles. The molecule has 0 saturated carbocycles. The minimum atomic E-state index is 0.611. The fraction of sp³-hybridized carbons (Fsp3) is 0.0556. The zero-order chi connectivity index (χ0) is 16.4. The molecule has 0 atom stereocenters. The Labute approximate surface area is 147 Å². The minimum absolute atomic E-state index is 0.611. The predicted molar refractivity (Wildman–Crippen MR) is 98.1 cm³/mol. The largest absolute Gasteiger partial charge is 0.350 e. The van der Waals surface area contributed by atoms with Gasteiger partial charge < -0.3 is 9.88 Å². The van der Waals surface area contributed by atoms with E-state index < -0.39 is 0 Å². The second kappa shape index (κ2) is 6.41. The van der Waals surface area contributed by atoms with Gasteiger partial charge in [0.05, 0.1) is 5.69 Å². The van der Waals surface area contributed by atoms with Crippen molar-refractivity contribution < 1.29 is 0 Å². The smallest absolute Gasteiger partial charge is 0.224 e. The Balaban J connectivity index is 1.66. The third kappa shape index (κ3) is 3.00. The highest BCUT2D eigenvalue weighted by Crippen LogP contribution is 2.21. The van der Waals surface area contributed by atoms with Gasteiger partial charge in [0.2, 0.25) is 5.95 Å². The van der Waals surface area contributed by atoms with Crippen molar-refractivity contribution in [2.24, 2.45) is 0 Å². The molecule has 0 spiro atoms. The van der Waals surface area contributed by atoms with Crippen molar-refractivity contribution in [3.63, 3.8) is 0 Å². The molecule has 5 nitrogen and oxygen atoms in total. The van der Waals surface area contributed by atoms with Gasteiger partial charge in [-0.2, -0.15) is 4.98 Å². The number of aromatic nitrogens is 4. The highest BCUT2D eigenvalue weighted by Gasteiger charge is 2.07. The van der Waals surface area contributed by atoms with Crippen LogP contribution in [-0.2, 0) is 6.54 Å². The number of hydrogen-bond acceptors (Lipinski definition) is 4. The summed E-state index contributed by atoms with van der Waals surface area (Å²) in [7, 11) is 0. The molecule has 0 radical (unpaired) electrons. The van der Waals surface area contributed by atoms with Gasteiger partial charge >= 0.3 is 0 Å². The van der Waals surface area contributed by atoms with Crippen LogP contribution in [0.5, 0.6) is 0 Å². The van der Waals surface area contributed by atoms with Crippen molar-refractivity contribution in [1.29, 1.82) is 0 Å². The number of nitrogens with one attached hydrogen (secondary N) is 1. The van der Waals surface area contributed by atoms with Crippen molar-refractivity contribution in [1.82, 2.24) is 19.5 Å². The van der Waals surface area contributed by atoms with E-state index in [-0.39, 0.29) is 0 Å². The first-order chi connectivity index (χ1) is 11.8. The van der Waals surface area contributed by atoms with Crippen molar-refractivity contribution in [3.05, 3.63) is 77.3 Å². The fourth-order valence-electron chi connectivity index (χ4n) is 2.53. The topological polar surface area (TPSA) is 55.6 Å². The van der Waals surface area contributed by atoms with E-state index in [0.717, 1.165) is 21.3 Å². The number of anilines is 1. The SMILES string of the molecule is Brc1cc(-n2ccc3cnc(NCc4ccccc4)nc32)ccn1. The molecular formula is C18H14BrN5. The maximum Gasteiger partial charge on any atom is 0.224 e. The van der Waals surface area contributed by atoms with Gasteiger partial charge in [-0.15, -0.1) is 0 Å². The molecule has 3 heterocycles. The van der Waals surface area contributed by atoms with Crippen LogP contribution < -0.4 is 5.32 Å². The zero-order valence-electron chi connectivity index (χ0n) is 12.7. The lowest BCUT2D eigenvalue weighted by Crippen LogP contribution is -2.04. The molecule has 1 aromatic carbocycles. The van der Waals surface area contributed by atoms with Crippen molar-refractivity contribution in [3.8, 4) is 5.69 Å².